The molecule has 1 aliphatic carbocycles. The van der Waals surface area contributed by atoms with Crippen molar-refractivity contribution >= 4 is 16.0 Å². The van der Waals surface area contributed by atoms with Gasteiger partial charge in [0, 0.05) is 12.6 Å². The molecule has 2 heterocycles. The molecule has 7 nitrogen and oxygen atoms in total. The lowest BCUT2D eigenvalue weighted by Crippen LogP contribution is -2.37. The first-order valence-electron chi connectivity index (χ1n) is 10.6. The summed E-state index contributed by atoms with van der Waals surface area (Å²) in [6, 6.07) is 6.12. The van der Waals surface area contributed by atoms with Crippen molar-refractivity contribution in [3.63, 3.8) is 0 Å². The van der Waals surface area contributed by atoms with Gasteiger partial charge in [-0.25, -0.2) is 13.2 Å². The van der Waals surface area contributed by atoms with Crippen molar-refractivity contribution < 1.29 is 22.5 Å². The van der Waals surface area contributed by atoms with E-state index in [0.29, 0.717) is 18.0 Å². The van der Waals surface area contributed by atoms with E-state index < -0.39 is 16.0 Å². The van der Waals surface area contributed by atoms with Gasteiger partial charge in [-0.3, -0.25) is 0 Å². The molecule has 168 valence electrons. The molecule has 0 spiro atoms. The van der Waals surface area contributed by atoms with Gasteiger partial charge in [0.15, 0.2) is 0 Å². The Balaban J connectivity index is 1.54. The SMILES string of the molecule is Cc1noc(C)c1COC(=O)c1cccc(S(=O)(=O)N2CC3(C)CC2CC(C)(C)C3)c1. The van der Waals surface area contributed by atoms with Crippen molar-refractivity contribution in [2.24, 2.45) is 10.8 Å². The van der Waals surface area contributed by atoms with E-state index in [1.54, 1.807) is 36.4 Å². The highest BCUT2D eigenvalue weighted by Gasteiger charge is 2.53. The molecule has 2 bridgehead atoms. The summed E-state index contributed by atoms with van der Waals surface area (Å²) in [5.74, 6) is 0.0171. The number of sulfonamides is 1. The molecule has 0 amide bonds. The summed E-state index contributed by atoms with van der Waals surface area (Å²) in [5, 5.41) is 3.85. The number of carbonyl (C=O) groups excluding carboxylic acids is 1. The van der Waals surface area contributed by atoms with Crippen LogP contribution in [0.25, 0.3) is 0 Å². The van der Waals surface area contributed by atoms with Gasteiger partial charge in [-0.1, -0.05) is 32.0 Å². The van der Waals surface area contributed by atoms with Crippen molar-refractivity contribution in [1.82, 2.24) is 9.46 Å². The molecule has 2 aliphatic rings. The van der Waals surface area contributed by atoms with Gasteiger partial charge < -0.3 is 9.26 Å². The molecule has 1 aliphatic heterocycles. The third-order valence-corrected chi connectivity index (χ3v) is 8.47. The first-order chi connectivity index (χ1) is 14.4. The standard InChI is InChI=1S/C23H30N2O5S/c1-15-20(16(2)30-24-15)12-29-21(26)17-7-6-8-19(9-17)31(27,28)25-14-23(5)11-18(25)10-22(3,4)13-23/h6-9,18H,10-14H2,1-5H3. The van der Waals surface area contributed by atoms with Crippen LogP contribution in [0.15, 0.2) is 33.7 Å². The zero-order chi connectivity index (χ0) is 22.6. The fraction of sp³-hybridized carbons (Fsp3) is 0.565. The Morgan fingerprint density at radius 2 is 2.00 bits per heavy atom. The highest BCUT2D eigenvalue weighted by molar-refractivity contribution is 7.89. The van der Waals surface area contributed by atoms with Crippen molar-refractivity contribution in [2.45, 2.75) is 71.4 Å². The van der Waals surface area contributed by atoms with Crippen LogP contribution in [0, 0.1) is 24.7 Å². The van der Waals surface area contributed by atoms with Gasteiger partial charge in [0.2, 0.25) is 10.0 Å². The van der Waals surface area contributed by atoms with Gasteiger partial charge in [-0.15, -0.1) is 0 Å². The number of ether oxygens (including phenoxy) is 1. The highest BCUT2D eigenvalue weighted by Crippen LogP contribution is 2.53. The van der Waals surface area contributed by atoms with E-state index in [4.69, 9.17) is 9.26 Å². The van der Waals surface area contributed by atoms with E-state index in [0.717, 1.165) is 24.8 Å². The summed E-state index contributed by atoms with van der Waals surface area (Å²) in [6.07, 6.45) is 2.74. The number of rotatable bonds is 5. The first kappa shape index (κ1) is 22.0. The van der Waals surface area contributed by atoms with Crippen LogP contribution in [-0.2, 0) is 21.4 Å². The minimum Gasteiger partial charge on any atom is -0.457 e. The second-order valence-corrected chi connectivity index (χ2v) is 12.1. The number of aryl methyl sites for hydroxylation is 2. The number of nitrogens with zero attached hydrogens (tertiary/aromatic N) is 2. The number of hydrogen-bond acceptors (Lipinski definition) is 6. The first-order valence-corrected chi connectivity index (χ1v) is 12.1. The quantitative estimate of drug-likeness (QED) is 0.638. The second-order valence-electron chi connectivity index (χ2n) is 10.2. The van der Waals surface area contributed by atoms with E-state index in [9.17, 15) is 13.2 Å². The summed E-state index contributed by atoms with van der Waals surface area (Å²) in [4.78, 5) is 12.7. The Kier molecular flexibility index (Phi) is 5.29. The van der Waals surface area contributed by atoms with E-state index in [2.05, 4.69) is 25.9 Å². The lowest BCUT2D eigenvalue weighted by atomic mass is 9.65. The second kappa shape index (κ2) is 7.45. The minimum absolute atomic E-state index is 0.00565. The third kappa shape index (κ3) is 4.15. The molecular weight excluding hydrogens is 416 g/mol. The summed E-state index contributed by atoms with van der Waals surface area (Å²) in [5.41, 5.74) is 1.70. The molecule has 0 radical (unpaired) electrons. The highest BCUT2D eigenvalue weighted by atomic mass is 32.2. The predicted octanol–water partition coefficient (Wildman–Crippen LogP) is 4.24. The van der Waals surface area contributed by atoms with Gasteiger partial charge in [-0.05, 0) is 62.1 Å². The summed E-state index contributed by atoms with van der Waals surface area (Å²) in [7, 11) is -3.71. The molecule has 1 aromatic carbocycles. The molecule has 4 rings (SSSR count). The number of hydrogen-bond donors (Lipinski definition) is 0. The average molecular weight is 447 g/mol. The molecule has 8 heteroatoms. The molecule has 1 saturated heterocycles. The Labute approximate surface area is 183 Å². The lowest BCUT2D eigenvalue weighted by Gasteiger charge is -2.39. The fourth-order valence-corrected chi connectivity index (χ4v) is 7.36. The summed E-state index contributed by atoms with van der Waals surface area (Å²) in [6.45, 7) is 10.7. The molecule has 2 atom stereocenters. The maximum atomic E-state index is 13.5. The van der Waals surface area contributed by atoms with Gasteiger partial charge in [0.05, 0.1) is 21.7 Å². The Bertz CT molecular complexity index is 1100. The molecule has 31 heavy (non-hydrogen) atoms. The van der Waals surface area contributed by atoms with E-state index in [1.165, 1.54) is 6.07 Å². The largest absolute Gasteiger partial charge is 0.457 e. The zero-order valence-corrected chi connectivity index (χ0v) is 19.6. The van der Waals surface area contributed by atoms with Gasteiger partial charge in [0.25, 0.3) is 0 Å². The van der Waals surface area contributed by atoms with Crippen LogP contribution in [0.1, 0.15) is 67.4 Å². The third-order valence-electron chi connectivity index (χ3n) is 6.57. The molecule has 1 saturated carbocycles. The topological polar surface area (TPSA) is 89.7 Å². The number of fused-ring (bicyclic) bond motifs is 2. The van der Waals surface area contributed by atoms with Gasteiger partial charge >= 0.3 is 5.97 Å². The van der Waals surface area contributed by atoms with Gasteiger partial charge in [-0.2, -0.15) is 4.31 Å². The van der Waals surface area contributed by atoms with Crippen LogP contribution in [-0.4, -0.2) is 36.4 Å². The number of esters is 1. The summed E-state index contributed by atoms with van der Waals surface area (Å²) < 4.78 is 39.1. The van der Waals surface area contributed by atoms with Crippen LogP contribution in [0.2, 0.25) is 0 Å². The Morgan fingerprint density at radius 3 is 2.68 bits per heavy atom. The van der Waals surface area contributed by atoms with E-state index in [-0.39, 0.29) is 33.9 Å². The van der Waals surface area contributed by atoms with Crippen LogP contribution in [0.5, 0.6) is 0 Å². The molecule has 2 fully saturated rings. The summed E-state index contributed by atoms with van der Waals surface area (Å²) >= 11 is 0. The van der Waals surface area contributed by atoms with Crippen molar-refractivity contribution in [3.8, 4) is 0 Å². The minimum atomic E-state index is -3.71. The number of aromatic nitrogens is 1. The maximum absolute atomic E-state index is 13.5. The Hall–Kier alpha value is -2.19. The van der Waals surface area contributed by atoms with Crippen molar-refractivity contribution in [3.05, 3.63) is 46.8 Å². The zero-order valence-electron chi connectivity index (χ0n) is 18.8. The van der Waals surface area contributed by atoms with Crippen LogP contribution in [0.3, 0.4) is 0 Å². The smallest absolute Gasteiger partial charge is 0.338 e. The van der Waals surface area contributed by atoms with E-state index >= 15 is 0 Å². The van der Waals surface area contributed by atoms with Crippen LogP contribution >= 0.6 is 0 Å². The van der Waals surface area contributed by atoms with Crippen LogP contribution < -0.4 is 0 Å². The lowest BCUT2D eigenvalue weighted by molar-refractivity contribution is 0.0470. The normalized spacial score (nSPS) is 25.5. The molecule has 2 unspecified atom stereocenters. The number of carbonyl (C=O) groups is 1. The van der Waals surface area contributed by atoms with Crippen molar-refractivity contribution in [2.75, 3.05) is 6.54 Å². The fourth-order valence-electron chi connectivity index (χ4n) is 5.54. The van der Waals surface area contributed by atoms with Crippen LogP contribution in [0.4, 0.5) is 0 Å². The van der Waals surface area contributed by atoms with E-state index in [1.807, 2.05) is 0 Å². The average Bonchev–Trinajstić information content (AvgIpc) is 3.14. The van der Waals surface area contributed by atoms with Gasteiger partial charge in [0.1, 0.15) is 12.4 Å². The molecular formula is C23H30N2O5S. The predicted molar refractivity (Wildman–Crippen MR) is 115 cm³/mol. The molecule has 0 N–H and O–H groups in total. The Morgan fingerprint density at radius 1 is 1.26 bits per heavy atom. The van der Waals surface area contributed by atoms with Crippen molar-refractivity contribution in [1.29, 1.82) is 0 Å². The monoisotopic (exact) mass is 446 g/mol. The number of benzene rings is 1. The molecule has 2 aromatic rings. The maximum Gasteiger partial charge on any atom is 0.338 e. The molecule has 1 aromatic heterocycles.